The van der Waals surface area contributed by atoms with Crippen LogP contribution in [0.5, 0.6) is 0 Å². The SMILES string of the molecule is Cc1ccc(C2(CS(=O)(=O)Cl)CCCC2)c(C)c1. The van der Waals surface area contributed by atoms with Gasteiger partial charge in [-0.05, 0) is 37.8 Å². The molecule has 2 rings (SSSR count). The molecule has 0 aromatic heterocycles. The van der Waals surface area contributed by atoms with Gasteiger partial charge in [0.2, 0.25) is 9.05 Å². The summed E-state index contributed by atoms with van der Waals surface area (Å²) in [5, 5.41) is 0. The Kier molecular flexibility index (Phi) is 3.75. The van der Waals surface area contributed by atoms with Gasteiger partial charge in [-0.1, -0.05) is 36.6 Å². The summed E-state index contributed by atoms with van der Waals surface area (Å²) in [4.78, 5) is 0. The smallest absolute Gasteiger partial charge is 0.212 e. The largest absolute Gasteiger partial charge is 0.233 e. The van der Waals surface area contributed by atoms with Crippen molar-refractivity contribution in [3.8, 4) is 0 Å². The summed E-state index contributed by atoms with van der Waals surface area (Å²) in [6.45, 7) is 4.11. The summed E-state index contributed by atoms with van der Waals surface area (Å²) in [7, 11) is 2.04. The summed E-state index contributed by atoms with van der Waals surface area (Å²) in [5.74, 6) is 0.0610. The molecule has 1 aliphatic rings. The Labute approximate surface area is 114 Å². The van der Waals surface area contributed by atoms with E-state index >= 15 is 0 Å². The van der Waals surface area contributed by atoms with E-state index in [0.29, 0.717) is 0 Å². The lowest BCUT2D eigenvalue weighted by Crippen LogP contribution is -2.31. The molecular formula is C14H19ClO2S. The van der Waals surface area contributed by atoms with Crippen molar-refractivity contribution in [2.45, 2.75) is 44.9 Å². The van der Waals surface area contributed by atoms with Crippen LogP contribution in [0.15, 0.2) is 18.2 Å². The molecule has 0 saturated heterocycles. The fourth-order valence-electron chi connectivity index (χ4n) is 3.28. The predicted molar refractivity (Wildman–Crippen MR) is 75.7 cm³/mol. The van der Waals surface area contributed by atoms with E-state index in [1.54, 1.807) is 0 Å². The molecule has 1 fully saturated rings. The molecule has 0 atom stereocenters. The highest BCUT2D eigenvalue weighted by molar-refractivity contribution is 8.13. The highest BCUT2D eigenvalue weighted by Gasteiger charge is 2.40. The minimum atomic E-state index is -3.47. The number of halogens is 1. The van der Waals surface area contributed by atoms with E-state index in [1.807, 2.05) is 0 Å². The standard InChI is InChI=1S/C14H19ClO2S/c1-11-5-6-13(12(2)9-11)14(7-3-4-8-14)10-18(15,16)17/h5-6,9H,3-4,7-8,10H2,1-2H3. The van der Waals surface area contributed by atoms with Gasteiger partial charge in [0.05, 0.1) is 5.75 Å². The van der Waals surface area contributed by atoms with Crippen LogP contribution in [0.25, 0.3) is 0 Å². The van der Waals surface area contributed by atoms with Gasteiger partial charge >= 0.3 is 0 Å². The Morgan fingerprint density at radius 1 is 1.22 bits per heavy atom. The molecule has 0 amide bonds. The van der Waals surface area contributed by atoms with Crippen LogP contribution in [0.4, 0.5) is 0 Å². The Bertz CT molecular complexity index is 543. The third-order valence-electron chi connectivity index (χ3n) is 3.96. The summed E-state index contributed by atoms with van der Waals surface area (Å²) in [5.41, 5.74) is 3.28. The Morgan fingerprint density at radius 3 is 2.33 bits per heavy atom. The number of hydrogen-bond donors (Lipinski definition) is 0. The highest BCUT2D eigenvalue weighted by atomic mass is 35.7. The average Bonchev–Trinajstić information content (AvgIpc) is 2.64. The van der Waals surface area contributed by atoms with Crippen LogP contribution < -0.4 is 0 Å². The van der Waals surface area contributed by atoms with Gasteiger partial charge in [0.15, 0.2) is 0 Å². The van der Waals surface area contributed by atoms with E-state index in [1.165, 1.54) is 11.1 Å². The second-order valence-corrected chi connectivity index (χ2v) is 8.27. The quantitative estimate of drug-likeness (QED) is 0.794. The van der Waals surface area contributed by atoms with Gasteiger partial charge in [0, 0.05) is 16.1 Å². The van der Waals surface area contributed by atoms with Crippen LogP contribution in [0, 0.1) is 13.8 Å². The zero-order valence-electron chi connectivity index (χ0n) is 10.9. The maximum Gasteiger partial charge on any atom is 0.233 e. The van der Waals surface area contributed by atoms with Gasteiger partial charge in [-0.15, -0.1) is 0 Å². The molecule has 100 valence electrons. The van der Waals surface area contributed by atoms with Crippen LogP contribution in [0.1, 0.15) is 42.4 Å². The van der Waals surface area contributed by atoms with Crippen molar-refractivity contribution in [3.05, 3.63) is 34.9 Å². The zero-order chi connectivity index (χ0) is 13.4. The Morgan fingerprint density at radius 2 is 1.83 bits per heavy atom. The number of aryl methyl sites for hydroxylation is 2. The summed E-state index contributed by atoms with van der Waals surface area (Å²) >= 11 is 0. The first-order chi connectivity index (χ1) is 8.32. The number of rotatable bonds is 3. The first kappa shape index (κ1) is 13.9. The van der Waals surface area contributed by atoms with Gasteiger partial charge in [-0.2, -0.15) is 0 Å². The van der Waals surface area contributed by atoms with E-state index in [0.717, 1.165) is 31.2 Å². The fraction of sp³-hybridized carbons (Fsp3) is 0.571. The van der Waals surface area contributed by atoms with Crippen molar-refractivity contribution in [3.63, 3.8) is 0 Å². The number of benzene rings is 1. The molecule has 0 radical (unpaired) electrons. The minimum Gasteiger partial charge on any atom is -0.212 e. The van der Waals surface area contributed by atoms with Crippen molar-refractivity contribution < 1.29 is 8.42 Å². The molecule has 1 aromatic carbocycles. The molecule has 1 aromatic rings. The lowest BCUT2D eigenvalue weighted by molar-refractivity contribution is 0.483. The van der Waals surface area contributed by atoms with E-state index in [2.05, 4.69) is 32.0 Å². The first-order valence-electron chi connectivity index (χ1n) is 6.33. The van der Waals surface area contributed by atoms with Crippen LogP contribution in [-0.2, 0) is 14.5 Å². The lowest BCUT2D eigenvalue weighted by atomic mass is 9.78. The molecule has 0 N–H and O–H groups in total. The van der Waals surface area contributed by atoms with Gasteiger partial charge in [-0.25, -0.2) is 8.42 Å². The summed E-state index contributed by atoms with van der Waals surface area (Å²) < 4.78 is 23.0. The molecule has 1 saturated carbocycles. The topological polar surface area (TPSA) is 34.1 Å². The monoisotopic (exact) mass is 286 g/mol. The third-order valence-corrected chi connectivity index (χ3v) is 5.19. The van der Waals surface area contributed by atoms with E-state index in [4.69, 9.17) is 10.7 Å². The molecule has 0 aliphatic heterocycles. The maximum atomic E-state index is 11.5. The molecule has 0 bridgehead atoms. The lowest BCUT2D eigenvalue weighted by Gasteiger charge is -2.30. The summed E-state index contributed by atoms with van der Waals surface area (Å²) in [6.07, 6.45) is 4.01. The second-order valence-electron chi connectivity index (χ2n) is 5.49. The zero-order valence-corrected chi connectivity index (χ0v) is 12.4. The number of hydrogen-bond acceptors (Lipinski definition) is 2. The van der Waals surface area contributed by atoms with Crippen LogP contribution >= 0.6 is 10.7 Å². The fourth-order valence-corrected chi connectivity index (χ4v) is 5.01. The molecule has 18 heavy (non-hydrogen) atoms. The van der Waals surface area contributed by atoms with E-state index in [-0.39, 0.29) is 11.2 Å². The van der Waals surface area contributed by atoms with Crippen LogP contribution in [0.3, 0.4) is 0 Å². The van der Waals surface area contributed by atoms with Gasteiger partial charge in [0.1, 0.15) is 0 Å². The maximum absolute atomic E-state index is 11.5. The Balaban J connectivity index is 2.47. The first-order valence-corrected chi connectivity index (χ1v) is 8.80. The van der Waals surface area contributed by atoms with Crippen molar-refractivity contribution >= 4 is 19.7 Å². The van der Waals surface area contributed by atoms with Crippen LogP contribution in [0.2, 0.25) is 0 Å². The minimum absolute atomic E-state index is 0.0610. The van der Waals surface area contributed by atoms with E-state index in [9.17, 15) is 8.42 Å². The average molecular weight is 287 g/mol. The molecular weight excluding hydrogens is 268 g/mol. The summed E-state index contributed by atoms with van der Waals surface area (Å²) in [6, 6.07) is 6.26. The van der Waals surface area contributed by atoms with Crippen molar-refractivity contribution in [2.75, 3.05) is 5.75 Å². The molecule has 1 aliphatic carbocycles. The highest BCUT2D eigenvalue weighted by Crippen LogP contribution is 2.44. The molecule has 0 spiro atoms. The molecule has 0 unspecified atom stereocenters. The molecule has 0 heterocycles. The second kappa shape index (κ2) is 4.86. The third kappa shape index (κ3) is 2.89. The van der Waals surface area contributed by atoms with Crippen molar-refractivity contribution in [2.24, 2.45) is 0 Å². The van der Waals surface area contributed by atoms with Gasteiger partial charge < -0.3 is 0 Å². The molecule has 4 heteroatoms. The normalized spacial score (nSPS) is 19.1. The Hall–Kier alpha value is -0.540. The van der Waals surface area contributed by atoms with Crippen LogP contribution in [-0.4, -0.2) is 14.2 Å². The predicted octanol–water partition coefficient (Wildman–Crippen LogP) is 3.68. The van der Waals surface area contributed by atoms with Crippen molar-refractivity contribution in [1.29, 1.82) is 0 Å². The van der Waals surface area contributed by atoms with Gasteiger partial charge in [0.25, 0.3) is 0 Å². The van der Waals surface area contributed by atoms with Gasteiger partial charge in [-0.3, -0.25) is 0 Å². The van der Waals surface area contributed by atoms with Crippen molar-refractivity contribution in [1.82, 2.24) is 0 Å². The molecule has 2 nitrogen and oxygen atoms in total. The van der Waals surface area contributed by atoms with E-state index < -0.39 is 9.05 Å².